The molecule has 0 aliphatic heterocycles. The fraction of sp³-hybridized carbons (Fsp3) is 0.188. The second-order valence-corrected chi connectivity index (χ2v) is 5.62. The zero-order valence-electron chi connectivity index (χ0n) is 14.6. The van der Waals surface area contributed by atoms with Crippen LogP contribution in [0.15, 0.2) is 29.4 Å². The molecule has 0 saturated heterocycles. The minimum atomic E-state index is -0.738. The van der Waals surface area contributed by atoms with Crippen LogP contribution in [0.1, 0.15) is 21.5 Å². The van der Waals surface area contributed by atoms with Gasteiger partial charge < -0.3 is 26.7 Å². The Labute approximate surface area is 153 Å². The Bertz CT molecular complexity index is 928. The first kappa shape index (κ1) is 19.4. The van der Waals surface area contributed by atoms with Crippen molar-refractivity contribution in [2.75, 3.05) is 17.6 Å². The average molecular weight is 374 g/mol. The number of nitrogens with two attached hydrogens (primary N) is 2. The van der Waals surface area contributed by atoms with Gasteiger partial charge >= 0.3 is 11.7 Å². The van der Waals surface area contributed by atoms with E-state index in [1.54, 1.807) is 12.1 Å². The molecule has 2 aromatic rings. The van der Waals surface area contributed by atoms with Crippen molar-refractivity contribution in [2.45, 2.75) is 13.8 Å². The Balaban J connectivity index is 2.28. The maximum absolute atomic E-state index is 12.4. The van der Waals surface area contributed by atoms with Crippen molar-refractivity contribution >= 4 is 29.0 Å². The number of aryl methyl sites for hydroxylation is 2. The van der Waals surface area contributed by atoms with Crippen molar-refractivity contribution < 1.29 is 19.7 Å². The number of carbonyl (C=O) groups excluding carboxylic acids is 1. The van der Waals surface area contributed by atoms with Gasteiger partial charge in [-0.25, -0.2) is 0 Å². The maximum atomic E-state index is 12.4. The van der Waals surface area contributed by atoms with Gasteiger partial charge in [-0.05, 0) is 36.2 Å². The standard InChI is InChI=1S/C16H18N6O5/c1-8-3-4-10(5-9(8)2)12(23)7-19-11-6-13(27-16(18)21-24)20-15(17)14(11)22(25)26/h3-6,24H,7H2,1-2H3,(H2,18,21)(H3,17,19,20). The van der Waals surface area contributed by atoms with Crippen LogP contribution in [0.25, 0.3) is 0 Å². The van der Waals surface area contributed by atoms with Crippen molar-refractivity contribution in [3.05, 3.63) is 51.1 Å². The molecule has 1 aromatic heterocycles. The predicted molar refractivity (Wildman–Crippen MR) is 98.1 cm³/mol. The van der Waals surface area contributed by atoms with E-state index in [1.165, 1.54) is 0 Å². The van der Waals surface area contributed by atoms with Gasteiger partial charge in [0.2, 0.25) is 11.7 Å². The summed E-state index contributed by atoms with van der Waals surface area (Å²) in [4.78, 5) is 26.6. The van der Waals surface area contributed by atoms with Gasteiger partial charge in [0.25, 0.3) is 0 Å². The zero-order valence-corrected chi connectivity index (χ0v) is 14.6. The van der Waals surface area contributed by atoms with Gasteiger partial charge in [-0.2, -0.15) is 4.98 Å². The lowest BCUT2D eigenvalue weighted by Crippen LogP contribution is -2.21. The minimum absolute atomic E-state index is 0.0922. The number of oxime groups is 1. The van der Waals surface area contributed by atoms with E-state index in [0.717, 1.165) is 17.2 Å². The van der Waals surface area contributed by atoms with Crippen molar-refractivity contribution in [2.24, 2.45) is 10.9 Å². The van der Waals surface area contributed by atoms with Crippen molar-refractivity contribution in [1.29, 1.82) is 0 Å². The highest BCUT2D eigenvalue weighted by molar-refractivity contribution is 5.99. The molecule has 11 heteroatoms. The van der Waals surface area contributed by atoms with Gasteiger partial charge in [-0.3, -0.25) is 14.9 Å². The van der Waals surface area contributed by atoms with Gasteiger partial charge in [0.1, 0.15) is 5.69 Å². The van der Waals surface area contributed by atoms with Crippen LogP contribution in [-0.4, -0.2) is 33.5 Å². The first-order chi connectivity index (χ1) is 12.7. The quantitative estimate of drug-likeness (QED) is 0.146. The van der Waals surface area contributed by atoms with Gasteiger partial charge in [0.15, 0.2) is 5.78 Å². The first-order valence-electron chi connectivity index (χ1n) is 7.67. The maximum Gasteiger partial charge on any atom is 0.334 e. The largest absolute Gasteiger partial charge is 0.407 e. The minimum Gasteiger partial charge on any atom is -0.407 e. The number of rotatable bonds is 6. The third-order valence-corrected chi connectivity index (χ3v) is 3.75. The molecule has 0 bridgehead atoms. The Morgan fingerprint density at radius 1 is 1.37 bits per heavy atom. The zero-order chi connectivity index (χ0) is 20.1. The Morgan fingerprint density at radius 3 is 2.67 bits per heavy atom. The van der Waals surface area contributed by atoms with Crippen LogP contribution in [0.5, 0.6) is 5.88 Å². The highest BCUT2D eigenvalue weighted by Gasteiger charge is 2.23. The number of nitrogens with one attached hydrogen (secondary N) is 1. The number of ketones is 1. The van der Waals surface area contributed by atoms with E-state index in [0.29, 0.717) is 5.56 Å². The van der Waals surface area contributed by atoms with Crippen LogP contribution in [-0.2, 0) is 0 Å². The molecule has 0 aliphatic rings. The predicted octanol–water partition coefficient (Wildman–Crippen LogP) is 1.57. The number of amidine groups is 1. The summed E-state index contributed by atoms with van der Waals surface area (Å²) in [5.41, 5.74) is 12.7. The molecule has 2 rings (SSSR count). The molecule has 0 fully saturated rings. The van der Waals surface area contributed by atoms with Crippen LogP contribution >= 0.6 is 0 Å². The number of anilines is 2. The number of carbonyl (C=O) groups is 1. The summed E-state index contributed by atoms with van der Waals surface area (Å²) in [7, 11) is 0. The van der Waals surface area contributed by atoms with Gasteiger partial charge in [0, 0.05) is 11.6 Å². The number of nitrogen functional groups attached to an aromatic ring is 1. The van der Waals surface area contributed by atoms with E-state index in [4.69, 9.17) is 21.4 Å². The number of Topliss-reactive ketones (excluding diaryl/α,β-unsaturated/α-hetero) is 1. The second kappa shape index (κ2) is 7.99. The molecular weight excluding hydrogens is 356 g/mol. The first-order valence-corrected chi connectivity index (χ1v) is 7.67. The molecular formula is C16H18N6O5. The van der Waals surface area contributed by atoms with E-state index in [-0.39, 0.29) is 23.9 Å². The van der Waals surface area contributed by atoms with Crippen LogP contribution in [0.4, 0.5) is 17.2 Å². The van der Waals surface area contributed by atoms with E-state index < -0.39 is 22.5 Å². The lowest BCUT2D eigenvalue weighted by Gasteiger charge is -2.10. The van der Waals surface area contributed by atoms with E-state index >= 15 is 0 Å². The summed E-state index contributed by atoms with van der Waals surface area (Å²) in [6.07, 6.45) is 0. The molecule has 0 unspecified atom stereocenters. The number of hydrogen-bond donors (Lipinski definition) is 4. The number of nitro groups is 1. The molecule has 11 nitrogen and oxygen atoms in total. The third kappa shape index (κ3) is 4.60. The van der Waals surface area contributed by atoms with Crippen LogP contribution < -0.4 is 21.5 Å². The smallest absolute Gasteiger partial charge is 0.334 e. The van der Waals surface area contributed by atoms with Gasteiger partial charge in [-0.15, -0.1) is 0 Å². The molecule has 1 aromatic carbocycles. The second-order valence-electron chi connectivity index (χ2n) is 5.62. The fourth-order valence-electron chi connectivity index (χ4n) is 2.23. The van der Waals surface area contributed by atoms with Crippen molar-refractivity contribution in [3.8, 4) is 5.88 Å². The normalized spacial score (nSPS) is 11.1. The van der Waals surface area contributed by atoms with E-state index in [1.807, 2.05) is 19.9 Å². The number of pyridine rings is 1. The monoisotopic (exact) mass is 374 g/mol. The number of hydrogen-bond acceptors (Lipinski definition) is 9. The van der Waals surface area contributed by atoms with Crippen molar-refractivity contribution in [3.63, 3.8) is 0 Å². The summed E-state index contributed by atoms with van der Waals surface area (Å²) >= 11 is 0. The fourth-order valence-corrected chi connectivity index (χ4v) is 2.23. The molecule has 1 heterocycles. The molecule has 142 valence electrons. The molecule has 0 spiro atoms. The molecule has 0 atom stereocenters. The third-order valence-electron chi connectivity index (χ3n) is 3.75. The summed E-state index contributed by atoms with van der Waals surface area (Å²) in [5.74, 6) is -0.972. The number of nitrogens with zero attached hydrogens (tertiary/aromatic N) is 3. The van der Waals surface area contributed by atoms with Crippen molar-refractivity contribution in [1.82, 2.24) is 4.98 Å². The van der Waals surface area contributed by atoms with Gasteiger partial charge in [0.05, 0.1) is 11.5 Å². The summed E-state index contributed by atoms with van der Waals surface area (Å²) < 4.78 is 4.88. The average Bonchev–Trinajstić information content (AvgIpc) is 2.61. The highest BCUT2D eigenvalue weighted by Crippen LogP contribution is 2.32. The number of benzene rings is 1. The molecule has 0 radical (unpaired) electrons. The molecule has 0 saturated carbocycles. The van der Waals surface area contributed by atoms with Gasteiger partial charge in [-0.1, -0.05) is 12.1 Å². The Hall–Kier alpha value is -3.89. The van der Waals surface area contributed by atoms with Crippen LogP contribution in [0.3, 0.4) is 0 Å². The van der Waals surface area contributed by atoms with E-state index in [2.05, 4.69) is 15.5 Å². The van der Waals surface area contributed by atoms with Crippen LogP contribution in [0.2, 0.25) is 0 Å². The lowest BCUT2D eigenvalue weighted by atomic mass is 10.0. The summed E-state index contributed by atoms with van der Waals surface area (Å²) in [5, 5.41) is 25.1. The molecule has 0 amide bonds. The highest BCUT2D eigenvalue weighted by atomic mass is 16.6. The SMILES string of the molecule is Cc1ccc(C(=O)CNc2cc(OC(N)=NO)nc(N)c2[N+](=O)[O-])cc1C. The Morgan fingerprint density at radius 2 is 2.07 bits per heavy atom. The molecule has 27 heavy (non-hydrogen) atoms. The Kier molecular flexibility index (Phi) is 5.75. The summed E-state index contributed by atoms with van der Waals surface area (Å²) in [6.45, 7) is 3.58. The van der Waals surface area contributed by atoms with E-state index in [9.17, 15) is 14.9 Å². The number of aromatic nitrogens is 1. The number of ether oxygens (including phenoxy) is 1. The molecule has 6 N–H and O–H groups in total. The topological polar surface area (TPSA) is 179 Å². The summed E-state index contributed by atoms with van der Waals surface area (Å²) in [6, 6.07) is 5.72. The molecule has 0 aliphatic carbocycles. The lowest BCUT2D eigenvalue weighted by molar-refractivity contribution is -0.383. The van der Waals surface area contributed by atoms with Crippen LogP contribution in [0, 0.1) is 24.0 Å².